The molecule has 0 saturated carbocycles. The van der Waals surface area contributed by atoms with Gasteiger partial charge < -0.3 is 4.57 Å². The first kappa shape index (κ1) is 11.0. The Morgan fingerprint density at radius 3 is 2.60 bits per heavy atom. The molecule has 0 spiro atoms. The molecule has 2 nitrogen and oxygen atoms in total. The Morgan fingerprint density at radius 2 is 2.00 bits per heavy atom. The molecule has 1 aromatic heterocycles. The van der Waals surface area contributed by atoms with Crippen LogP contribution in [0.2, 0.25) is 5.02 Å². The molecule has 0 aliphatic heterocycles. The second-order valence-corrected chi connectivity index (χ2v) is 5.67. The highest BCUT2D eigenvalue weighted by Gasteiger charge is 2.19. The van der Waals surface area contributed by atoms with Crippen molar-refractivity contribution in [1.82, 2.24) is 9.55 Å². The minimum atomic E-state index is 0.00140. The molecule has 4 heteroatoms. The third-order valence-corrected chi connectivity index (χ3v) is 3.01. The summed E-state index contributed by atoms with van der Waals surface area (Å²) in [5.74, 6) is 0. The molecule has 0 amide bonds. The Hall–Kier alpha value is -0.540. The second kappa shape index (κ2) is 3.49. The fourth-order valence-corrected chi connectivity index (χ4v) is 2.74. The molecule has 0 N–H and O–H groups in total. The Morgan fingerprint density at radius 1 is 1.33 bits per heavy atom. The molecule has 2 aromatic rings. The third kappa shape index (κ3) is 1.91. The number of halogens is 2. The van der Waals surface area contributed by atoms with Gasteiger partial charge in [0.1, 0.15) is 0 Å². The van der Waals surface area contributed by atoms with E-state index in [1.165, 1.54) is 0 Å². The van der Waals surface area contributed by atoms with Crippen LogP contribution >= 0.6 is 27.5 Å². The quantitative estimate of drug-likeness (QED) is 0.710. The Balaban J connectivity index is 2.80. The molecule has 0 bridgehead atoms. The van der Waals surface area contributed by atoms with Crippen molar-refractivity contribution in [1.29, 1.82) is 0 Å². The van der Waals surface area contributed by atoms with Gasteiger partial charge in [-0.2, -0.15) is 0 Å². The van der Waals surface area contributed by atoms with Crippen LogP contribution in [0.15, 0.2) is 22.9 Å². The first-order valence-corrected chi connectivity index (χ1v) is 5.90. The average Bonchev–Trinajstić information content (AvgIpc) is 2.38. The van der Waals surface area contributed by atoms with E-state index in [1.807, 2.05) is 18.2 Å². The van der Waals surface area contributed by atoms with Crippen LogP contribution in [0.1, 0.15) is 20.8 Å². The van der Waals surface area contributed by atoms with E-state index in [-0.39, 0.29) is 5.54 Å². The van der Waals surface area contributed by atoms with Crippen LogP contribution < -0.4 is 0 Å². The maximum absolute atomic E-state index is 5.93. The lowest BCUT2D eigenvalue weighted by molar-refractivity contribution is 0.401. The van der Waals surface area contributed by atoms with Gasteiger partial charge >= 0.3 is 0 Å². The van der Waals surface area contributed by atoms with Crippen molar-refractivity contribution in [3.8, 4) is 0 Å². The molecule has 15 heavy (non-hydrogen) atoms. The summed E-state index contributed by atoms with van der Waals surface area (Å²) in [6, 6.07) is 5.77. The molecule has 0 aliphatic rings. The molecule has 0 unspecified atom stereocenters. The highest BCUT2D eigenvalue weighted by Crippen LogP contribution is 2.29. The van der Waals surface area contributed by atoms with Gasteiger partial charge in [-0.15, -0.1) is 0 Å². The molecule has 1 heterocycles. The summed E-state index contributed by atoms with van der Waals surface area (Å²) >= 11 is 9.41. The average molecular weight is 288 g/mol. The molecular formula is C11H12BrClN2. The predicted molar refractivity (Wildman–Crippen MR) is 67.4 cm³/mol. The van der Waals surface area contributed by atoms with Gasteiger partial charge in [0.25, 0.3) is 0 Å². The van der Waals surface area contributed by atoms with E-state index in [9.17, 15) is 0 Å². The zero-order valence-electron chi connectivity index (χ0n) is 8.88. The summed E-state index contributed by atoms with van der Waals surface area (Å²) in [6.45, 7) is 6.44. The van der Waals surface area contributed by atoms with Gasteiger partial charge in [-0.25, -0.2) is 4.98 Å². The Kier molecular flexibility index (Phi) is 2.55. The number of fused-ring (bicyclic) bond motifs is 1. The summed E-state index contributed by atoms with van der Waals surface area (Å²) in [4.78, 5) is 4.44. The molecule has 0 radical (unpaired) electrons. The number of hydrogen-bond donors (Lipinski definition) is 0. The fraction of sp³-hybridized carbons (Fsp3) is 0.364. The van der Waals surface area contributed by atoms with Gasteiger partial charge in [-0.3, -0.25) is 0 Å². The standard InChI is InChI=1S/C11H12BrClN2/c1-11(2,3)15-9-5-4-7(13)6-8(9)14-10(15)12/h4-6H,1-3H3. The van der Waals surface area contributed by atoms with E-state index in [1.54, 1.807) is 0 Å². The van der Waals surface area contributed by atoms with Crippen molar-refractivity contribution in [2.75, 3.05) is 0 Å². The number of nitrogens with zero attached hydrogens (tertiary/aromatic N) is 2. The van der Waals surface area contributed by atoms with E-state index in [2.05, 4.69) is 46.3 Å². The summed E-state index contributed by atoms with van der Waals surface area (Å²) in [5.41, 5.74) is 2.02. The summed E-state index contributed by atoms with van der Waals surface area (Å²) in [5, 5.41) is 0.716. The highest BCUT2D eigenvalue weighted by molar-refractivity contribution is 9.10. The van der Waals surface area contributed by atoms with Crippen LogP contribution in [0.4, 0.5) is 0 Å². The van der Waals surface area contributed by atoms with Crippen LogP contribution in [0.25, 0.3) is 11.0 Å². The number of aromatic nitrogens is 2. The van der Waals surface area contributed by atoms with Crippen LogP contribution in [0.5, 0.6) is 0 Å². The number of benzene rings is 1. The molecular weight excluding hydrogens is 275 g/mol. The lowest BCUT2D eigenvalue weighted by Gasteiger charge is -2.22. The van der Waals surface area contributed by atoms with Gasteiger partial charge in [0.05, 0.1) is 11.0 Å². The van der Waals surface area contributed by atoms with E-state index in [0.717, 1.165) is 15.8 Å². The van der Waals surface area contributed by atoms with Crippen molar-refractivity contribution >= 4 is 38.6 Å². The Bertz CT molecular complexity index is 511. The van der Waals surface area contributed by atoms with Gasteiger partial charge in [0.15, 0.2) is 4.73 Å². The maximum atomic E-state index is 5.93. The van der Waals surface area contributed by atoms with Crippen LogP contribution in [-0.2, 0) is 5.54 Å². The summed E-state index contributed by atoms with van der Waals surface area (Å²) in [6.07, 6.45) is 0. The first-order chi connectivity index (χ1) is 6.89. The van der Waals surface area contributed by atoms with Crippen molar-refractivity contribution in [3.63, 3.8) is 0 Å². The SMILES string of the molecule is CC(C)(C)n1c(Br)nc2cc(Cl)ccc21. The number of imidazole rings is 1. The predicted octanol–water partition coefficient (Wildman–Crippen LogP) is 4.21. The minimum Gasteiger partial charge on any atom is -0.313 e. The van der Waals surface area contributed by atoms with Gasteiger partial charge in [0, 0.05) is 10.6 Å². The Labute approximate surface area is 102 Å². The molecule has 1 aromatic carbocycles. The minimum absolute atomic E-state index is 0.00140. The lowest BCUT2D eigenvalue weighted by Crippen LogP contribution is -2.21. The topological polar surface area (TPSA) is 17.8 Å². The van der Waals surface area contributed by atoms with Crippen LogP contribution in [0.3, 0.4) is 0 Å². The molecule has 2 rings (SSSR count). The third-order valence-electron chi connectivity index (χ3n) is 2.25. The van der Waals surface area contributed by atoms with E-state index >= 15 is 0 Å². The fourth-order valence-electron chi connectivity index (χ4n) is 1.66. The largest absolute Gasteiger partial charge is 0.313 e. The second-order valence-electron chi connectivity index (χ2n) is 4.52. The normalized spacial score (nSPS) is 12.3. The van der Waals surface area contributed by atoms with Crippen molar-refractivity contribution < 1.29 is 0 Å². The molecule has 0 saturated heterocycles. The van der Waals surface area contributed by atoms with Gasteiger partial charge in [-0.05, 0) is 54.9 Å². The lowest BCUT2D eigenvalue weighted by atomic mass is 10.1. The number of rotatable bonds is 0. The van der Waals surface area contributed by atoms with Crippen molar-refractivity contribution in [2.24, 2.45) is 0 Å². The van der Waals surface area contributed by atoms with Crippen molar-refractivity contribution in [2.45, 2.75) is 26.3 Å². The van der Waals surface area contributed by atoms with Gasteiger partial charge in [-0.1, -0.05) is 11.6 Å². The molecule has 0 fully saturated rings. The summed E-state index contributed by atoms with van der Waals surface area (Å²) < 4.78 is 2.99. The van der Waals surface area contributed by atoms with E-state index in [4.69, 9.17) is 11.6 Å². The summed E-state index contributed by atoms with van der Waals surface area (Å²) in [7, 11) is 0. The molecule has 0 aliphatic carbocycles. The van der Waals surface area contributed by atoms with E-state index in [0.29, 0.717) is 5.02 Å². The van der Waals surface area contributed by atoms with Gasteiger partial charge in [0.2, 0.25) is 0 Å². The maximum Gasteiger partial charge on any atom is 0.178 e. The highest BCUT2D eigenvalue weighted by atomic mass is 79.9. The van der Waals surface area contributed by atoms with Crippen LogP contribution in [0, 0.1) is 0 Å². The zero-order valence-corrected chi connectivity index (χ0v) is 11.2. The van der Waals surface area contributed by atoms with Crippen LogP contribution in [-0.4, -0.2) is 9.55 Å². The van der Waals surface area contributed by atoms with Crippen molar-refractivity contribution in [3.05, 3.63) is 28.0 Å². The zero-order chi connectivity index (χ0) is 11.2. The van der Waals surface area contributed by atoms with E-state index < -0.39 is 0 Å². The first-order valence-electron chi connectivity index (χ1n) is 4.73. The molecule has 0 atom stereocenters. The smallest absolute Gasteiger partial charge is 0.178 e. The number of hydrogen-bond acceptors (Lipinski definition) is 1. The monoisotopic (exact) mass is 286 g/mol. The molecule has 80 valence electrons.